The Morgan fingerprint density at radius 1 is 0.960 bits per heavy atom. The van der Waals surface area contributed by atoms with Crippen LogP contribution in [0.25, 0.3) is 10.9 Å². The molecule has 0 aliphatic heterocycles. The van der Waals surface area contributed by atoms with E-state index in [1.807, 2.05) is 67.8 Å². The maximum atomic E-state index is 12.9. The molecule has 3 rings (SSSR count). The summed E-state index contributed by atoms with van der Waals surface area (Å²) in [4.78, 5) is 25.2. The first-order valence-electron chi connectivity index (χ1n) is 8.34. The number of ketones is 1. The molecule has 1 amide bonds. The highest BCUT2D eigenvalue weighted by Crippen LogP contribution is 2.24. The third-order valence-electron chi connectivity index (χ3n) is 3.90. The number of aromatic nitrogens is 1. The molecular weight excluding hydrogens is 312 g/mol. The molecule has 0 bridgehead atoms. The molecule has 0 unspecified atom stereocenters. The Bertz CT molecular complexity index is 918. The van der Waals surface area contributed by atoms with Crippen LogP contribution in [0, 0.1) is 0 Å². The first-order chi connectivity index (χ1) is 11.8. The van der Waals surface area contributed by atoms with Gasteiger partial charge in [0.15, 0.2) is 5.78 Å². The Hall–Kier alpha value is -2.88. The second-order valence-corrected chi connectivity index (χ2v) is 7.18. The summed E-state index contributed by atoms with van der Waals surface area (Å²) in [5, 5.41) is 3.82. The molecule has 1 N–H and O–H groups in total. The normalized spacial score (nSPS) is 11.5. The smallest absolute Gasteiger partial charge is 0.240 e. The van der Waals surface area contributed by atoms with Gasteiger partial charge in [-0.15, -0.1) is 0 Å². The van der Waals surface area contributed by atoms with Gasteiger partial charge in [-0.05, 0) is 26.8 Å². The van der Waals surface area contributed by atoms with Gasteiger partial charge in [0.1, 0.15) is 6.54 Å². The number of hydrogen-bond acceptors (Lipinski definition) is 2. The summed E-state index contributed by atoms with van der Waals surface area (Å²) < 4.78 is 1.84. The molecule has 0 atom stereocenters. The van der Waals surface area contributed by atoms with Crippen LogP contribution in [0.2, 0.25) is 0 Å². The average molecular weight is 334 g/mol. The number of hydrogen-bond donors (Lipinski definition) is 1. The van der Waals surface area contributed by atoms with Gasteiger partial charge < -0.3 is 9.88 Å². The Morgan fingerprint density at radius 2 is 1.60 bits per heavy atom. The van der Waals surface area contributed by atoms with E-state index in [1.165, 1.54) is 0 Å². The minimum absolute atomic E-state index is 0.0354. The highest BCUT2D eigenvalue weighted by molar-refractivity contribution is 6.16. The number of para-hydroxylation sites is 1. The number of amides is 1. The van der Waals surface area contributed by atoms with Gasteiger partial charge in [0.25, 0.3) is 0 Å². The lowest BCUT2D eigenvalue weighted by Gasteiger charge is -2.20. The monoisotopic (exact) mass is 334 g/mol. The van der Waals surface area contributed by atoms with Crippen LogP contribution in [-0.2, 0) is 11.3 Å². The Balaban J connectivity index is 1.99. The van der Waals surface area contributed by atoms with E-state index < -0.39 is 0 Å². The van der Waals surface area contributed by atoms with Crippen molar-refractivity contribution in [2.24, 2.45) is 0 Å². The van der Waals surface area contributed by atoms with E-state index in [2.05, 4.69) is 5.32 Å². The number of nitrogens with one attached hydrogen (secondary N) is 1. The number of fused-ring (bicyclic) bond motifs is 1. The van der Waals surface area contributed by atoms with Crippen LogP contribution in [0.4, 0.5) is 0 Å². The van der Waals surface area contributed by atoms with Crippen LogP contribution in [-0.4, -0.2) is 21.8 Å². The molecule has 0 radical (unpaired) electrons. The first-order valence-corrected chi connectivity index (χ1v) is 8.34. The van der Waals surface area contributed by atoms with Crippen molar-refractivity contribution in [1.82, 2.24) is 9.88 Å². The lowest BCUT2D eigenvalue weighted by molar-refractivity contribution is -0.123. The number of carbonyl (C=O) groups excluding carboxylic acids is 2. The summed E-state index contributed by atoms with van der Waals surface area (Å²) in [6, 6.07) is 16.9. The molecule has 0 aliphatic carbocycles. The number of rotatable bonds is 4. The average Bonchev–Trinajstić information content (AvgIpc) is 2.92. The van der Waals surface area contributed by atoms with Crippen molar-refractivity contribution in [2.75, 3.05) is 0 Å². The van der Waals surface area contributed by atoms with Crippen molar-refractivity contribution in [3.8, 4) is 0 Å². The van der Waals surface area contributed by atoms with Crippen LogP contribution >= 0.6 is 0 Å². The maximum absolute atomic E-state index is 12.9. The molecule has 4 heteroatoms. The fourth-order valence-electron chi connectivity index (χ4n) is 2.92. The van der Waals surface area contributed by atoms with Crippen molar-refractivity contribution in [1.29, 1.82) is 0 Å². The van der Waals surface area contributed by atoms with E-state index in [-0.39, 0.29) is 23.8 Å². The van der Waals surface area contributed by atoms with Crippen LogP contribution in [0.15, 0.2) is 60.8 Å². The van der Waals surface area contributed by atoms with Crippen molar-refractivity contribution in [3.63, 3.8) is 0 Å². The molecule has 0 saturated carbocycles. The standard InChI is InChI=1S/C21H22N2O2/c1-21(2,3)22-19(24)14-23-13-17(16-11-7-8-12-18(16)23)20(25)15-9-5-4-6-10-15/h4-13H,14H2,1-3H3,(H,22,24). The minimum atomic E-state index is -0.289. The maximum Gasteiger partial charge on any atom is 0.240 e. The molecule has 3 aromatic rings. The van der Waals surface area contributed by atoms with Gasteiger partial charge in [-0.3, -0.25) is 9.59 Å². The van der Waals surface area contributed by atoms with Gasteiger partial charge in [-0.2, -0.15) is 0 Å². The topological polar surface area (TPSA) is 51.1 Å². The predicted molar refractivity (Wildman–Crippen MR) is 99.7 cm³/mol. The van der Waals surface area contributed by atoms with E-state index >= 15 is 0 Å². The van der Waals surface area contributed by atoms with Crippen molar-refractivity contribution >= 4 is 22.6 Å². The van der Waals surface area contributed by atoms with E-state index in [0.29, 0.717) is 11.1 Å². The first kappa shape index (κ1) is 17.0. The summed E-state index contributed by atoms with van der Waals surface area (Å²) >= 11 is 0. The molecule has 0 saturated heterocycles. The molecule has 0 aliphatic rings. The Kier molecular flexibility index (Phi) is 4.45. The van der Waals surface area contributed by atoms with Crippen molar-refractivity contribution in [3.05, 3.63) is 71.9 Å². The molecule has 1 aromatic heterocycles. The van der Waals surface area contributed by atoms with Crippen LogP contribution in [0.1, 0.15) is 36.7 Å². The quantitative estimate of drug-likeness (QED) is 0.738. The lowest BCUT2D eigenvalue weighted by atomic mass is 10.0. The van der Waals surface area contributed by atoms with Gasteiger partial charge >= 0.3 is 0 Å². The van der Waals surface area contributed by atoms with Crippen molar-refractivity contribution in [2.45, 2.75) is 32.9 Å². The van der Waals surface area contributed by atoms with Crippen LogP contribution < -0.4 is 5.32 Å². The fourth-order valence-corrected chi connectivity index (χ4v) is 2.92. The van der Waals surface area contributed by atoms with E-state index in [0.717, 1.165) is 10.9 Å². The summed E-state index contributed by atoms with van der Waals surface area (Å²) in [6.45, 7) is 6.02. The molecule has 2 aromatic carbocycles. The van der Waals surface area contributed by atoms with Gasteiger partial charge in [-0.1, -0.05) is 48.5 Å². The number of benzene rings is 2. The molecule has 128 valence electrons. The number of nitrogens with zero attached hydrogens (tertiary/aromatic N) is 1. The summed E-state index contributed by atoms with van der Waals surface area (Å²) in [6.07, 6.45) is 1.78. The molecule has 1 heterocycles. The highest BCUT2D eigenvalue weighted by Gasteiger charge is 2.19. The van der Waals surface area contributed by atoms with Crippen molar-refractivity contribution < 1.29 is 9.59 Å². The fraction of sp³-hybridized carbons (Fsp3) is 0.238. The van der Waals surface area contributed by atoms with E-state index in [9.17, 15) is 9.59 Å². The SMILES string of the molecule is CC(C)(C)NC(=O)Cn1cc(C(=O)c2ccccc2)c2ccccc21. The molecule has 0 fully saturated rings. The Morgan fingerprint density at radius 3 is 2.28 bits per heavy atom. The van der Waals surface area contributed by atoms with Crippen LogP contribution in [0.5, 0.6) is 0 Å². The second-order valence-electron chi connectivity index (χ2n) is 7.18. The zero-order valence-corrected chi connectivity index (χ0v) is 14.7. The Labute approximate surface area is 147 Å². The third-order valence-corrected chi connectivity index (χ3v) is 3.90. The number of carbonyl (C=O) groups is 2. The van der Waals surface area contributed by atoms with E-state index in [4.69, 9.17) is 0 Å². The third kappa shape index (κ3) is 3.79. The highest BCUT2D eigenvalue weighted by atomic mass is 16.2. The predicted octanol–water partition coefficient (Wildman–Crippen LogP) is 3.79. The molecule has 25 heavy (non-hydrogen) atoms. The van der Waals surface area contributed by atoms with Gasteiger partial charge in [0.2, 0.25) is 5.91 Å². The zero-order valence-electron chi connectivity index (χ0n) is 14.7. The summed E-state index contributed by atoms with van der Waals surface area (Å²) in [7, 11) is 0. The van der Waals surface area contributed by atoms with Gasteiger partial charge in [-0.25, -0.2) is 0 Å². The lowest BCUT2D eigenvalue weighted by Crippen LogP contribution is -2.42. The van der Waals surface area contributed by atoms with E-state index in [1.54, 1.807) is 18.3 Å². The largest absolute Gasteiger partial charge is 0.350 e. The summed E-state index contributed by atoms with van der Waals surface area (Å²) in [5.41, 5.74) is 1.85. The molecule has 4 nitrogen and oxygen atoms in total. The second kappa shape index (κ2) is 6.55. The van der Waals surface area contributed by atoms with Gasteiger partial charge in [0.05, 0.1) is 0 Å². The molecule has 0 spiro atoms. The zero-order chi connectivity index (χ0) is 18.0. The summed E-state index contributed by atoms with van der Waals surface area (Å²) in [5.74, 6) is -0.112. The minimum Gasteiger partial charge on any atom is -0.350 e. The molecular formula is C21H22N2O2. The van der Waals surface area contributed by atoms with Crippen LogP contribution in [0.3, 0.4) is 0 Å². The van der Waals surface area contributed by atoms with Gasteiger partial charge in [0, 0.05) is 33.8 Å².